The average molecular weight is 332 g/mol. The number of likely N-dealkylation sites (N-methyl/N-ethyl adjacent to an activating group) is 2. The van der Waals surface area contributed by atoms with Gasteiger partial charge in [-0.25, -0.2) is 0 Å². The Morgan fingerprint density at radius 1 is 1.14 bits per heavy atom. The standard InChI is InChI=1S/C16H29N3O2.ClH/c1-4-19(5-2)15(20)11-18(3)16(21)14-10-12-8-6-7-9-13(12)17-14;/h12-14,17H,4-11H2,1-3H3;1H. The molecular weight excluding hydrogens is 302 g/mol. The Bertz CT molecular complexity index is 374. The van der Waals surface area contributed by atoms with Gasteiger partial charge >= 0.3 is 0 Å². The van der Waals surface area contributed by atoms with Crippen molar-refractivity contribution in [1.29, 1.82) is 0 Å². The Morgan fingerprint density at radius 2 is 1.77 bits per heavy atom. The van der Waals surface area contributed by atoms with Crippen molar-refractivity contribution >= 4 is 24.2 Å². The first-order valence-corrected chi connectivity index (χ1v) is 8.35. The summed E-state index contributed by atoms with van der Waals surface area (Å²) in [6.07, 6.45) is 5.93. The molecule has 1 aliphatic heterocycles. The van der Waals surface area contributed by atoms with Crippen molar-refractivity contribution in [2.75, 3.05) is 26.7 Å². The van der Waals surface area contributed by atoms with Gasteiger partial charge in [0.05, 0.1) is 12.6 Å². The van der Waals surface area contributed by atoms with Crippen molar-refractivity contribution in [2.24, 2.45) is 5.92 Å². The predicted octanol–water partition coefficient (Wildman–Crippen LogP) is 1.66. The van der Waals surface area contributed by atoms with Crippen LogP contribution >= 0.6 is 12.4 Å². The Balaban J connectivity index is 0.00000242. The van der Waals surface area contributed by atoms with Crippen LogP contribution in [0.25, 0.3) is 0 Å². The number of carbonyl (C=O) groups is 2. The third-order valence-electron chi connectivity index (χ3n) is 5.03. The highest BCUT2D eigenvalue weighted by Crippen LogP contribution is 2.33. The summed E-state index contributed by atoms with van der Waals surface area (Å²) < 4.78 is 0. The molecule has 1 heterocycles. The quantitative estimate of drug-likeness (QED) is 0.833. The summed E-state index contributed by atoms with van der Waals surface area (Å²) in [6, 6.07) is 0.423. The summed E-state index contributed by atoms with van der Waals surface area (Å²) in [6.45, 7) is 5.51. The number of fused-ring (bicyclic) bond motifs is 1. The number of amides is 2. The molecule has 0 spiro atoms. The topological polar surface area (TPSA) is 52.7 Å². The van der Waals surface area contributed by atoms with Crippen molar-refractivity contribution < 1.29 is 9.59 Å². The molecule has 3 unspecified atom stereocenters. The molecule has 5 nitrogen and oxygen atoms in total. The van der Waals surface area contributed by atoms with Gasteiger partial charge in [0.15, 0.2) is 0 Å². The van der Waals surface area contributed by atoms with Crippen LogP contribution in [0, 0.1) is 5.92 Å². The summed E-state index contributed by atoms with van der Waals surface area (Å²) in [5.41, 5.74) is 0. The van der Waals surface area contributed by atoms with Crippen LogP contribution in [0.15, 0.2) is 0 Å². The van der Waals surface area contributed by atoms with E-state index in [0.717, 1.165) is 6.42 Å². The molecule has 22 heavy (non-hydrogen) atoms. The van der Waals surface area contributed by atoms with Crippen LogP contribution in [-0.2, 0) is 9.59 Å². The zero-order valence-electron chi connectivity index (χ0n) is 14.0. The van der Waals surface area contributed by atoms with Crippen molar-refractivity contribution in [1.82, 2.24) is 15.1 Å². The molecule has 2 fully saturated rings. The van der Waals surface area contributed by atoms with Crippen LogP contribution in [0.4, 0.5) is 0 Å². The zero-order valence-corrected chi connectivity index (χ0v) is 14.8. The molecule has 2 aliphatic rings. The third kappa shape index (κ3) is 4.35. The van der Waals surface area contributed by atoms with Crippen LogP contribution < -0.4 is 5.32 Å². The lowest BCUT2D eigenvalue weighted by atomic mass is 9.85. The minimum atomic E-state index is -0.0902. The fraction of sp³-hybridized carbons (Fsp3) is 0.875. The first-order valence-electron chi connectivity index (χ1n) is 8.35. The van der Waals surface area contributed by atoms with Crippen LogP contribution in [0.1, 0.15) is 46.0 Å². The van der Waals surface area contributed by atoms with Gasteiger partial charge in [-0.2, -0.15) is 0 Å². The second-order valence-electron chi connectivity index (χ2n) is 6.37. The molecule has 2 rings (SSSR count). The summed E-state index contributed by atoms with van der Waals surface area (Å²) in [5.74, 6) is 0.760. The summed E-state index contributed by atoms with van der Waals surface area (Å²) >= 11 is 0. The van der Waals surface area contributed by atoms with Gasteiger partial charge in [-0.05, 0) is 39.0 Å². The molecule has 3 atom stereocenters. The van der Waals surface area contributed by atoms with Gasteiger partial charge in [-0.3, -0.25) is 9.59 Å². The van der Waals surface area contributed by atoms with Gasteiger partial charge < -0.3 is 15.1 Å². The normalized spacial score (nSPS) is 26.8. The molecule has 1 saturated heterocycles. The van der Waals surface area contributed by atoms with Crippen molar-refractivity contribution in [3.05, 3.63) is 0 Å². The minimum Gasteiger partial charge on any atom is -0.342 e. The maximum atomic E-state index is 12.5. The molecule has 128 valence electrons. The first-order chi connectivity index (χ1) is 10.1. The second kappa shape index (κ2) is 8.73. The van der Waals surface area contributed by atoms with E-state index in [1.165, 1.54) is 25.7 Å². The second-order valence-corrected chi connectivity index (χ2v) is 6.37. The number of rotatable bonds is 5. The summed E-state index contributed by atoms with van der Waals surface area (Å²) in [4.78, 5) is 28.0. The van der Waals surface area contributed by atoms with Crippen LogP contribution in [0.5, 0.6) is 0 Å². The lowest BCUT2D eigenvalue weighted by Crippen LogP contribution is -2.47. The number of nitrogens with zero attached hydrogens (tertiary/aromatic N) is 2. The molecule has 0 aromatic carbocycles. The highest BCUT2D eigenvalue weighted by molar-refractivity contribution is 5.87. The van der Waals surface area contributed by atoms with E-state index in [2.05, 4.69) is 5.32 Å². The number of carbonyl (C=O) groups excluding carboxylic acids is 2. The largest absolute Gasteiger partial charge is 0.342 e. The fourth-order valence-corrected chi connectivity index (χ4v) is 3.73. The maximum absolute atomic E-state index is 12.5. The van der Waals surface area contributed by atoms with Gasteiger partial charge in [0.1, 0.15) is 0 Å². The van der Waals surface area contributed by atoms with Crippen molar-refractivity contribution in [3.8, 4) is 0 Å². The molecule has 0 radical (unpaired) electrons. The van der Waals surface area contributed by atoms with E-state index < -0.39 is 0 Å². The smallest absolute Gasteiger partial charge is 0.242 e. The monoisotopic (exact) mass is 331 g/mol. The lowest BCUT2D eigenvalue weighted by molar-refractivity contribution is -0.140. The molecule has 2 amide bonds. The Labute approximate surface area is 140 Å². The molecule has 1 saturated carbocycles. The molecule has 0 aromatic heterocycles. The number of halogens is 1. The molecule has 6 heteroatoms. The van der Waals surface area contributed by atoms with E-state index in [1.54, 1.807) is 16.8 Å². The Hall–Kier alpha value is -0.810. The molecular formula is C16H30ClN3O2. The van der Waals surface area contributed by atoms with Gasteiger partial charge in [0.25, 0.3) is 0 Å². The zero-order chi connectivity index (χ0) is 15.4. The summed E-state index contributed by atoms with van der Waals surface area (Å²) in [7, 11) is 1.74. The van der Waals surface area contributed by atoms with E-state index in [4.69, 9.17) is 0 Å². The minimum absolute atomic E-state index is 0. The van der Waals surface area contributed by atoms with Crippen LogP contribution in [-0.4, -0.2) is 60.4 Å². The van der Waals surface area contributed by atoms with Gasteiger partial charge in [0.2, 0.25) is 11.8 Å². The van der Waals surface area contributed by atoms with Crippen molar-refractivity contribution in [2.45, 2.75) is 58.0 Å². The SMILES string of the molecule is CCN(CC)C(=O)CN(C)C(=O)C1CC2CCCCC2N1.Cl. The number of hydrogen-bond donors (Lipinski definition) is 1. The summed E-state index contributed by atoms with van der Waals surface area (Å²) in [5, 5.41) is 3.49. The van der Waals surface area contributed by atoms with Crippen molar-refractivity contribution in [3.63, 3.8) is 0 Å². The van der Waals surface area contributed by atoms with Gasteiger partial charge in [0, 0.05) is 26.2 Å². The van der Waals surface area contributed by atoms with E-state index in [0.29, 0.717) is 25.0 Å². The third-order valence-corrected chi connectivity index (χ3v) is 5.03. The van der Waals surface area contributed by atoms with E-state index >= 15 is 0 Å². The first kappa shape index (κ1) is 19.2. The van der Waals surface area contributed by atoms with E-state index in [1.807, 2.05) is 13.8 Å². The fourth-order valence-electron chi connectivity index (χ4n) is 3.73. The highest BCUT2D eigenvalue weighted by Gasteiger charge is 2.39. The van der Waals surface area contributed by atoms with E-state index in [9.17, 15) is 9.59 Å². The molecule has 1 N–H and O–H groups in total. The molecule has 0 bridgehead atoms. The van der Waals surface area contributed by atoms with Gasteiger partial charge in [-0.1, -0.05) is 12.8 Å². The van der Waals surface area contributed by atoms with Gasteiger partial charge in [-0.15, -0.1) is 12.4 Å². The van der Waals surface area contributed by atoms with Crippen LogP contribution in [0.3, 0.4) is 0 Å². The maximum Gasteiger partial charge on any atom is 0.242 e. The van der Waals surface area contributed by atoms with E-state index in [-0.39, 0.29) is 36.8 Å². The Kier molecular flexibility index (Phi) is 7.63. The predicted molar refractivity (Wildman–Crippen MR) is 90.1 cm³/mol. The number of hydrogen-bond acceptors (Lipinski definition) is 3. The molecule has 1 aliphatic carbocycles. The Morgan fingerprint density at radius 3 is 2.36 bits per heavy atom. The average Bonchev–Trinajstić information content (AvgIpc) is 2.91. The lowest BCUT2D eigenvalue weighted by Gasteiger charge is -2.25. The van der Waals surface area contributed by atoms with Crippen LogP contribution in [0.2, 0.25) is 0 Å². The molecule has 0 aromatic rings. The highest BCUT2D eigenvalue weighted by atomic mass is 35.5. The number of nitrogens with one attached hydrogen (secondary N) is 1.